The van der Waals surface area contributed by atoms with Gasteiger partial charge in [0.25, 0.3) is 5.91 Å². The lowest BCUT2D eigenvalue weighted by molar-refractivity contribution is 0.0785. The van der Waals surface area contributed by atoms with Crippen LogP contribution in [0.4, 0.5) is 0 Å². The summed E-state index contributed by atoms with van der Waals surface area (Å²) in [6.07, 6.45) is 3.23. The van der Waals surface area contributed by atoms with Gasteiger partial charge in [-0.15, -0.1) is 11.3 Å². The third-order valence-corrected chi connectivity index (χ3v) is 3.56. The fourth-order valence-corrected chi connectivity index (χ4v) is 2.49. The molecule has 2 aromatic heterocycles. The number of carbonyl (C=O) groups excluding carboxylic acids is 1. The number of aromatic nitrogens is 1. The number of pyridine rings is 1. The van der Waals surface area contributed by atoms with E-state index in [0.717, 1.165) is 10.4 Å². The molecule has 5 heteroatoms. The molecule has 0 unspecified atom stereocenters. The first kappa shape index (κ1) is 14.3. The molecule has 0 radical (unpaired) electrons. The molecule has 0 fully saturated rings. The molecule has 0 atom stereocenters. The molecule has 4 nitrogen and oxygen atoms in total. The number of hydrogen-bond acceptors (Lipinski definition) is 4. The van der Waals surface area contributed by atoms with E-state index in [9.17, 15) is 4.79 Å². The molecule has 1 amide bonds. The van der Waals surface area contributed by atoms with Crippen LogP contribution in [0.2, 0.25) is 0 Å². The van der Waals surface area contributed by atoms with Crippen LogP contribution in [0.1, 0.15) is 20.8 Å². The smallest absolute Gasteiger partial charge is 0.254 e. The lowest BCUT2D eigenvalue weighted by atomic mass is 10.2. The monoisotopic (exact) mass is 285 g/mol. The predicted molar refractivity (Wildman–Crippen MR) is 80.3 cm³/mol. The fraction of sp³-hybridized carbons (Fsp3) is 0.200. The topological polar surface area (TPSA) is 59.2 Å². The average Bonchev–Trinajstić information content (AvgIpc) is 2.92. The summed E-state index contributed by atoms with van der Waals surface area (Å²) in [5.74, 6) is 5.79. The van der Waals surface area contributed by atoms with E-state index < -0.39 is 0 Å². The summed E-state index contributed by atoms with van der Waals surface area (Å²) in [7, 11) is 1.78. The molecule has 2 aromatic rings. The summed E-state index contributed by atoms with van der Waals surface area (Å²) in [4.78, 5) is 18.7. The largest absolute Gasteiger partial charge is 0.337 e. The molecule has 0 aromatic carbocycles. The van der Waals surface area contributed by atoms with Crippen molar-refractivity contribution in [3.63, 3.8) is 0 Å². The van der Waals surface area contributed by atoms with Crippen molar-refractivity contribution >= 4 is 17.2 Å². The predicted octanol–water partition coefficient (Wildman–Crippen LogP) is 1.73. The third kappa shape index (κ3) is 3.67. The second-order valence-corrected chi connectivity index (χ2v) is 5.13. The molecule has 0 saturated heterocycles. The summed E-state index contributed by atoms with van der Waals surface area (Å²) >= 11 is 1.56. The van der Waals surface area contributed by atoms with Crippen molar-refractivity contribution in [3.05, 3.63) is 52.0 Å². The van der Waals surface area contributed by atoms with Gasteiger partial charge in [-0.25, -0.2) is 0 Å². The molecule has 2 rings (SSSR count). The van der Waals surface area contributed by atoms with Crippen molar-refractivity contribution < 1.29 is 4.79 Å². The number of hydrogen-bond donors (Lipinski definition) is 1. The van der Waals surface area contributed by atoms with Gasteiger partial charge in [0, 0.05) is 31.5 Å². The van der Waals surface area contributed by atoms with Gasteiger partial charge in [-0.05, 0) is 29.1 Å². The highest BCUT2D eigenvalue weighted by molar-refractivity contribution is 7.10. The Bertz CT molecular complexity index is 640. The Morgan fingerprint density at radius 2 is 2.20 bits per heavy atom. The van der Waals surface area contributed by atoms with Crippen molar-refractivity contribution in [2.24, 2.45) is 5.73 Å². The maximum Gasteiger partial charge on any atom is 0.254 e. The highest BCUT2D eigenvalue weighted by atomic mass is 32.1. The quantitative estimate of drug-likeness (QED) is 0.874. The molecule has 20 heavy (non-hydrogen) atoms. The van der Waals surface area contributed by atoms with Crippen LogP contribution in [-0.4, -0.2) is 29.4 Å². The minimum absolute atomic E-state index is 0.0202. The van der Waals surface area contributed by atoms with Gasteiger partial charge in [-0.2, -0.15) is 0 Å². The number of carbonyl (C=O) groups is 1. The normalized spacial score (nSPS) is 9.70. The first-order valence-electron chi connectivity index (χ1n) is 6.12. The molecule has 2 N–H and O–H groups in total. The summed E-state index contributed by atoms with van der Waals surface area (Å²) in [6, 6.07) is 5.42. The van der Waals surface area contributed by atoms with E-state index in [4.69, 9.17) is 5.73 Å². The zero-order valence-electron chi connectivity index (χ0n) is 11.2. The summed E-state index contributed by atoms with van der Waals surface area (Å²) in [5.41, 5.74) is 7.05. The Balaban J connectivity index is 2.02. The second-order valence-electron chi connectivity index (χ2n) is 4.22. The molecule has 102 valence electrons. The number of rotatable bonds is 3. The third-order valence-electron chi connectivity index (χ3n) is 2.66. The van der Waals surface area contributed by atoms with Gasteiger partial charge in [0.15, 0.2) is 0 Å². The Kier molecular flexibility index (Phi) is 4.88. The zero-order valence-corrected chi connectivity index (χ0v) is 12.0. The van der Waals surface area contributed by atoms with Crippen molar-refractivity contribution in [2.45, 2.75) is 6.54 Å². The fourth-order valence-electron chi connectivity index (χ4n) is 1.72. The first-order chi connectivity index (χ1) is 9.70. The lowest BCUT2D eigenvalue weighted by Crippen LogP contribution is -2.25. The summed E-state index contributed by atoms with van der Waals surface area (Å²) < 4.78 is 0. The van der Waals surface area contributed by atoms with Crippen LogP contribution in [0.3, 0.4) is 0 Å². The average molecular weight is 285 g/mol. The van der Waals surface area contributed by atoms with Crippen LogP contribution in [-0.2, 0) is 6.54 Å². The van der Waals surface area contributed by atoms with Crippen LogP contribution < -0.4 is 5.73 Å². The molecule has 0 aliphatic carbocycles. The highest BCUT2D eigenvalue weighted by Gasteiger charge is 2.12. The van der Waals surface area contributed by atoms with Gasteiger partial charge in [-0.1, -0.05) is 11.8 Å². The van der Waals surface area contributed by atoms with Crippen LogP contribution >= 0.6 is 11.3 Å². The number of nitrogens with two attached hydrogens (primary N) is 1. The summed E-state index contributed by atoms with van der Waals surface area (Å²) in [5, 5.41) is 2.01. The van der Waals surface area contributed by atoms with E-state index in [1.165, 1.54) is 0 Å². The molecule has 0 aliphatic heterocycles. The first-order valence-corrected chi connectivity index (χ1v) is 7.00. The van der Waals surface area contributed by atoms with Crippen molar-refractivity contribution in [2.75, 3.05) is 13.6 Å². The minimum Gasteiger partial charge on any atom is -0.337 e. The zero-order chi connectivity index (χ0) is 14.4. The lowest BCUT2D eigenvalue weighted by Gasteiger charge is -2.16. The number of thiophene rings is 1. The Hall–Kier alpha value is -2.16. The molecule has 0 saturated carbocycles. The maximum absolute atomic E-state index is 12.2. The van der Waals surface area contributed by atoms with Crippen LogP contribution in [0.25, 0.3) is 0 Å². The van der Waals surface area contributed by atoms with E-state index in [-0.39, 0.29) is 5.91 Å². The summed E-state index contributed by atoms with van der Waals surface area (Å²) in [6.45, 7) is 0.912. The van der Waals surface area contributed by atoms with E-state index in [1.807, 2.05) is 11.4 Å². The Labute approximate surface area is 122 Å². The van der Waals surface area contributed by atoms with Crippen LogP contribution in [0.5, 0.6) is 0 Å². The Morgan fingerprint density at radius 3 is 2.90 bits per heavy atom. The number of amides is 1. The van der Waals surface area contributed by atoms with E-state index in [0.29, 0.717) is 18.7 Å². The van der Waals surface area contributed by atoms with E-state index >= 15 is 0 Å². The van der Waals surface area contributed by atoms with Gasteiger partial charge in [0.2, 0.25) is 0 Å². The maximum atomic E-state index is 12.2. The highest BCUT2D eigenvalue weighted by Crippen LogP contribution is 2.16. The van der Waals surface area contributed by atoms with Gasteiger partial charge in [0.1, 0.15) is 0 Å². The van der Waals surface area contributed by atoms with Crippen molar-refractivity contribution in [1.82, 2.24) is 9.88 Å². The van der Waals surface area contributed by atoms with Gasteiger partial charge < -0.3 is 10.6 Å². The van der Waals surface area contributed by atoms with E-state index in [1.54, 1.807) is 47.8 Å². The molecular weight excluding hydrogens is 270 g/mol. The van der Waals surface area contributed by atoms with Crippen molar-refractivity contribution in [3.8, 4) is 11.8 Å². The molecule has 0 spiro atoms. The van der Waals surface area contributed by atoms with Gasteiger partial charge >= 0.3 is 0 Å². The molecule has 0 aliphatic rings. The minimum atomic E-state index is -0.0202. The standard InChI is InChI=1S/C15H15N3OS/c1-18(15(19)13-4-7-17-8-5-13)10-12-9-14(20-11-12)3-2-6-16/h4-5,7-9,11H,6,10,16H2,1H3. The van der Waals surface area contributed by atoms with Crippen molar-refractivity contribution in [1.29, 1.82) is 0 Å². The molecule has 0 bridgehead atoms. The van der Waals surface area contributed by atoms with Crippen LogP contribution in [0.15, 0.2) is 36.0 Å². The Morgan fingerprint density at radius 1 is 1.45 bits per heavy atom. The molecular formula is C15H15N3OS. The molecule has 2 heterocycles. The number of nitrogens with zero attached hydrogens (tertiary/aromatic N) is 2. The van der Waals surface area contributed by atoms with Gasteiger partial charge in [0.05, 0.1) is 11.4 Å². The SMILES string of the molecule is CN(Cc1csc(C#CCN)c1)C(=O)c1ccncc1. The van der Waals surface area contributed by atoms with E-state index in [2.05, 4.69) is 16.8 Å². The van der Waals surface area contributed by atoms with Crippen LogP contribution in [0, 0.1) is 11.8 Å². The van der Waals surface area contributed by atoms with Gasteiger partial charge in [-0.3, -0.25) is 9.78 Å². The second kappa shape index (κ2) is 6.85.